The molecule has 2 saturated heterocycles. The summed E-state index contributed by atoms with van der Waals surface area (Å²) < 4.78 is 11.4. The van der Waals surface area contributed by atoms with Crippen LogP contribution in [-0.2, 0) is 9.47 Å². The molecule has 21 heavy (non-hydrogen) atoms. The van der Waals surface area contributed by atoms with Gasteiger partial charge in [-0.15, -0.1) is 0 Å². The highest BCUT2D eigenvalue weighted by Gasteiger charge is 2.47. The van der Waals surface area contributed by atoms with E-state index >= 15 is 0 Å². The normalized spacial score (nSPS) is 29.0. The van der Waals surface area contributed by atoms with Crippen molar-refractivity contribution in [2.45, 2.75) is 25.4 Å². The van der Waals surface area contributed by atoms with Crippen molar-refractivity contribution in [1.29, 1.82) is 0 Å². The van der Waals surface area contributed by atoms with Crippen LogP contribution < -0.4 is 0 Å². The highest BCUT2D eigenvalue weighted by Crippen LogP contribution is 2.40. The summed E-state index contributed by atoms with van der Waals surface area (Å²) in [5, 5.41) is 7.51. The Hall–Kier alpha value is -1.53. The first kappa shape index (κ1) is 14.4. The number of likely N-dealkylation sites (tertiary alicyclic amines) is 1. The maximum atomic E-state index is 12.6. The summed E-state index contributed by atoms with van der Waals surface area (Å²) in [4.78, 5) is 14.5. The van der Waals surface area contributed by atoms with Crippen molar-refractivity contribution in [3.63, 3.8) is 0 Å². The van der Waals surface area contributed by atoms with Crippen LogP contribution in [0.5, 0.6) is 0 Å². The molecule has 0 aliphatic carbocycles. The molecular weight excluding hydrogens is 270 g/mol. The van der Waals surface area contributed by atoms with Gasteiger partial charge in [0.25, 0.3) is 5.91 Å². The van der Waals surface area contributed by atoms with E-state index < -0.39 is 0 Å². The van der Waals surface area contributed by atoms with Gasteiger partial charge < -0.3 is 14.4 Å². The molecule has 0 radical (unpaired) electrons. The summed E-state index contributed by atoms with van der Waals surface area (Å²) in [7, 11) is 1.72. The summed E-state index contributed by atoms with van der Waals surface area (Å²) in [6, 6.07) is 1.71. The number of ether oxygens (including phenoxy) is 2. The van der Waals surface area contributed by atoms with Crippen LogP contribution in [0.25, 0.3) is 0 Å². The van der Waals surface area contributed by atoms with E-state index in [1.165, 1.54) is 6.20 Å². The van der Waals surface area contributed by atoms with E-state index in [4.69, 9.17) is 9.47 Å². The van der Waals surface area contributed by atoms with E-state index in [1.54, 1.807) is 19.4 Å². The van der Waals surface area contributed by atoms with Gasteiger partial charge in [0.2, 0.25) is 0 Å². The molecule has 3 rings (SSSR count). The van der Waals surface area contributed by atoms with Crippen LogP contribution in [-0.4, -0.2) is 60.5 Å². The molecule has 6 nitrogen and oxygen atoms in total. The molecule has 2 aliphatic heterocycles. The Morgan fingerprint density at radius 3 is 3.24 bits per heavy atom. The summed E-state index contributed by atoms with van der Waals surface area (Å²) in [5.74, 6) is 0.0180. The lowest BCUT2D eigenvalue weighted by Crippen LogP contribution is -2.58. The maximum Gasteiger partial charge on any atom is 0.255 e. The lowest BCUT2D eigenvalue weighted by Gasteiger charge is -2.50. The van der Waals surface area contributed by atoms with Crippen molar-refractivity contribution in [3.8, 4) is 0 Å². The van der Waals surface area contributed by atoms with E-state index in [-0.39, 0.29) is 17.4 Å². The van der Waals surface area contributed by atoms with E-state index in [2.05, 4.69) is 10.2 Å². The van der Waals surface area contributed by atoms with Gasteiger partial charge in [-0.3, -0.25) is 4.79 Å². The Bertz CT molecular complexity index is 492. The quantitative estimate of drug-likeness (QED) is 0.835. The highest BCUT2D eigenvalue weighted by molar-refractivity contribution is 5.93. The van der Waals surface area contributed by atoms with Crippen LogP contribution in [0.2, 0.25) is 0 Å². The number of aromatic nitrogens is 2. The van der Waals surface area contributed by atoms with Crippen LogP contribution in [0.1, 0.15) is 29.6 Å². The van der Waals surface area contributed by atoms with Gasteiger partial charge >= 0.3 is 0 Å². The van der Waals surface area contributed by atoms with Gasteiger partial charge in [0.05, 0.1) is 30.7 Å². The van der Waals surface area contributed by atoms with Crippen molar-refractivity contribution in [1.82, 2.24) is 15.1 Å². The average molecular weight is 291 g/mol. The first-order valence-corrected chi connectivity index (χ1v) is 7.42. The highest BCUT2D eigenvalue weighted by atomic mass is 16.5. The van der Waals surface area contributed by atoms with Crippen molar-refractivity contribution in [2.75, 3.05) is 33.4 Å². The summed E-state index contributed by atoms with van der Waals surface area (Å²) >= 11 is 0. The van der Waals surface area contributed by atoms with Gasteiger partial charge in [-0.1, -0.05) is 0 Å². The van der Waals surface area contributed by atoms with Gasteiger partial charge in [-0.05, 0) is 25.3 Å². The van der Waals surface area contributed by atoms with Crippen molar-refractivity contribution in [3.05, 3.63) is 24.0 Å². The number of nitrogens with zero attached hydrogens (tertiary/aromatic N) is 3. The van der Waals surface area contributed by atoms with Crippen LogP contribution in [0.3, 0.4) is 0 Å². The molecule has 0 bridgehead atoms. The fourth-order valence-electron chi connectivity index (χ4n) is 3.56. The van der Waals surface area contributed by atoms with Crippen molar-refractivity contribution >= 4 is 5.91 Å². The molecule has 2 fully saturated rings. The molecule has 0 spiro atoms. The maximum absolute atomic E-state index is 12.6. The van der Waals surface area contributed by atoms with E-state index in [9.17, 15) is 4.79 Å². The second-order valence-electron chi connectivity index (χ2n) is 5.90. The molecule has 1 aromatic heterocycles. The first-order valence-electron chi connectivity index (χ1n) is 7.42. The lowest BCUT2D eigenvalue weighted by atomic mass is 9.73. The third kappa shape index (κ3) is 2.78. The fraction of sp³-hybridized carbons (Fsp3) is 0.667. The molecule has 2 aliphatic rings. The monoisotopic (exact) mass is 291 g/mol. The minimum absolute atomic E-state index is 0.0180. The lowest BCUT2D eigenvalue weighted by molar-refractivity contribution is -0.142. The van der Waals surface area contributed by atoms with Crippen LogP contribution >= 0.6 is 0 Å². The minimum Gasteiger partial charge on any atom is -0.384 e. The number of carbonyl (C=O) groups excluding carboxylic acids is 1. The van der Waals surface area contributed by atoms with Gasteiger partial charge in [0.15, 0.2) is 0 Å². The second kappa shape index (κ2) is 6.07. The Morgan fingerprint density at radius 2 is 2.48 bits per heavy atom. The standard InChI is InChI=1S/C15H21N3O3/c1-20-11-15-5-2-8-21-13(15)4-7-18(10-15)14(19)12-3-6-16-17-9-12/h3,6,9,13H,2,4-5,7-8,10-11H2,1H3. The van der Waals surface area contributed by atoms with E-state index in [1.807, 2.05) is 4.90 Å². The van der Waals surface area contributed by atoms with E-state index in [0.29, 0.717) is 18.7 Å². The molecule has 0 N–H and O–H groups in total. The van der Waals surface area contributed by atoms with Gasteiger partial charge in [0.1, 0.15) is 0 Å². The molecule has 0 aromatic carbocycles. The molecule has 3 heterocycles. The number of methoxy groups -OCH3 is 1. The number of fused-ring (bicyclic) bond motifs is 1. The number of rotatable bonds is 3. The SMILES string of the molecule is COCC12CCCOC1CCN(C(=O)c1ccnnc1)C2. The molecule has 6 heteroatoms. The predicted octanol–water partition coefficient (Wildman–Crippen LogP) is 1.13. The smallest absolute Gasteiger partial charge is 0.255 e. The zero-order valence-electron chi connectivity index (χ0n) is 12.3. The average Bonchev–Trinajstić information content (AvgIpc) is 2.54. The predicted molar refractivity (Wildman–Crippen MR) is 75.8 cm³/mol. The topological polar surface area (TPSA) is 64.6 Å². The van der Waals surface area contributed by atoms with Crippen LogP contribution in [0.4, 0.5) is 0 Å². The molecule has 114 valence electrons. The Labute approximate surface area is 124 Å². The minimum atomic E-state index is -0.0681. The van der Waals surface area contributed by atoms with Gasteiger partial charge in [0, 0.05) is 32.2 Å². The summed E-state index contributed by atoms with van der Waals surface area (Å²) in [6.07, 6.45) is 6.21. The van der Waals surface area contributed by atoms with Crippen LogP contribution in [0.15, 0.2) is 18.5 Å². The third-order valence-corrected chi connectivity index (χ3v) is 4.54. The molecule has 1 aromatic rings. The number of amides is 1. The zero-order valence-corrected chi connectivity index (χ0v) is 12.3. The summed E-state index contributed by atoms with van der Waals surface area (Å²) in [6.45, 7) is 2.86. The molecular formula is C15H21N3O3. The fourth-order valence-corrected chi connectivity index (χ4v) is 3.56. The summed E-state index contributed by atoms with van der Waals surface area (Å²) in [5.41, 5.74) is 0.522. The van der Waals surface area contributed by atoms with Gasteiger partial charge in [-0.25, -0.2) is 0 Å². The molecule has 0 saturated carbocycles. The molecule has 1 amide bonds. The first-order chi connectivity index (χ1) is 10.2. The number of hydrogen-bond acceptors (Lipinski definition) is 5. The Balaban J connectivity index is 1.78. The Kier molecular flexibility index (Phi) is 4.17. The number of piperidine rings is 1. The second-order valence-corrected chi connectivity index (χ2v) is 5.90. The largest absolute Gasteiger partial charge is 0.384 e. The molecule has 2 atom stereocenters. The number of carbonyl (C=O) groups is 1. The van der Waals surface area contributed by atoms with Crippen molar-refractivity contribution in [2.24, 2.45) is 5.41 Å². The van der Waals surface area contributed by atoms with Crippen molar-refractivity contribution < 1.29 is 14.3 Å². The zero-order chi connectivity index (χ0) is 14.7. The molecule has 2 unspecified atom stereocenters. The third-order valence-electron chi connectivity index (χ3n) is 4.54. The van der Waals surface area contributed by atoms with E-state index in [0.717, 1.165) is 32.4 Å². The van der Waals surface area contributed by atoms with Crippen LogP contribution in [0, 0.1) is 5.41 Å². The number of hydrogen-bond donors (Lipinski definition) is 0. The van der Waals surface area contributed by atoms with Gasteiger partial charge in [-0.2, -0.15) is 10.2 Å². The Morgan fingerprint density at radius 1 is 1.57 bits per heavy atom.